The number of aryl methyl sites for hydroxylation is 1. The van der Waals surface area contributed by atoms with Crippen molar-refractivity contribution < 1.29 is 4.79 Å². The highest BCUT2D eigenvalue weighted by Crippen LogP contribution is 2.04. The van der Waals surface area contributed by atoms with E-state index in [0.717, 1.165) is 23.2 Å². The Bertz CT molecular complexity index is 508. The monoisotopic (exact) mass is 275 g/mol. The Morgan fingerprint density at radius 2 is 2.16 bits per heavy atom. The molecule has 0 radical (unpaired) electrons. The van der Waals surface area contributed by atoms with Crippen molar-refractivity contribution in [3.05, 3.63) is 52.0 Å². The van der Waals surface area contributed by atoms with Crippen LogP contribution in [0.15, 0.2) is 35.2 Å². The summed E-state index contributed by atoms with van der Waals surface area (Å²) in [4.78, 5) is 15.8. The zero-order valence-corrected chi connectivity index (χ0v) is 11.7. The first kappa shape index (κ1) is 13.5. The molecule has 100 valence electrons. The smallest absolute Gasteiger partial charge is 0.315 e. The average Bonchev–Trinajstić information content (AvgIpc) is 2.92. The second kappa shape index (κ2) is 6.89. The Hall–Kier alpha value is -1.88. The highest BCUT2D eigenvalue weighted by Gasteiger charge is 2.00. The Balaban J connectivity index is 1.65. The molecular formula is C14H17N3OS. The van der Waals surface area contributed by atoms with E-state index in [1.54, 1.807) is 11.3 Å². The number of rotatable bonds is 5. The van der Waals surface area contributed by atoms with E-state index in [-0.39, 0.29) is 6.03 Å². The molecule has 0 aromatic carbocycles. The third kappa shape index (κ3) is 4.71. The lowest BCUT2D eigenvalue weighted by atomic mass is 10.2. The summed E-state index contributed by atoms with van der Waals surface area (Å²) < 4.78 is 0. The maximum atomic E-state index is 11.5. The number of carbonyl (C=O) groups is 1. The minimum atomic E-state index is -0.133. The first-order valence-electron chi connectivity index (χ1n) is 6.18. The summed E-state index contributed by atoms with van der Waals surface area (Å²) in [6.45, 7) is 3.14. The fourth-order valence-corrected chi connectivity index (χ4v) is 2.27. The van der Waals surface area contributed by atoms with Crippen molar-refractivity contribution >= 4 is 17.4 Å². The van der Waals surface area contributed by atoms with E-state index in [1.807, 2.05) is 42.1 Å². The number of amides is 2. The van der Waals surface area contributed by atoms with Gasteiger partial charge in [0.15, 0.2) is 0 Å². The van der Waals surface area contributed by atoms with Crippen molar-refractivity contribution in [2.75, 3.05) is 6.54 Å². The van der Waals surface area contributed by atoms with E-state index in [9.17, 15) is 4.79 Å². The summed E-state index contributed by atoms with van der Waals surface area (Å²) in [7, 11) is 0. The predicted octanol–water partition coefficient (Wildman–Crippen LogP) is 2.49. The maximum absolute atomic E-state index is 11.5. The fourth-order valence-electron chi connectivity index (χ4n) is 1.60. The normalized spacial score (nSPS) is 10.2. The van der Waals surface area contributed by atoms with Crippen LogP contribution in [-0.2, 0) is 13.0 Å². The molecule has 2 rings (SSSR count). The summed E-state index contributed by atoms with van der Waals surface area (Å²) in [6, 6.07) is 5.88. The highest BCUT2D eigenvalue weighted by molar-refractivity contribution is 7.07. The zero-order chi connectivity index (χ0) is 13.5. The number of thiophene rings is 1. The van der Waals surface area contributed by atoms with Gasteiger partial charge in [-0.3, -0.25) is 4.98 Å². The Morgan fingerprint density at radius 3 is 2.84 bits per heavy atom. The van der Waals surface area contributed by atoms with Crippen molar-refractivity contribution in [2.24, 2.45) is 0 Å². The fraction of sp³-hybridized carbons (Fsp3) is 0.286. The molecule has 19 heavy (non-hydrogen) atoms. The van der Waals surface area contributed by atoms with Crippen molar-refractivity contribution in [3.8, 4) is 0 Å². The molecule has 0 fully saturated rings. The SMILES string of the molecule is Cc1ccc(CCNC(=O)NCc2ccsc2)cn1. The summed E-state index contributed by atoms with van der Waals surface area (Å²) >= 11 is 1.63. The second-order valence-corrected chi connectivity index (χ2v) is 5.08. The first-order valence-corrected chi connectivity index (χ1v) is 7.12. The average molecular weight is 275 g/mol. The standard InChI is InChI=1S/C14H17N3OS/c1-11-2-3-12(8-16-11)4-6-15-14(18)17-9-13-5-7-19-10-13/h2-3,5,7-8,10H,4,6,9H2,1H3,(H2,15,17,18). The van der Waals surface area contributed by atoms with Crippen molar-refractivity contribution in [1.82, 2.24) is 15.6 Å². The minimum absolute atomic E-state index is 0.133. The van der Waals surface area contributed by atoms with Crippen LogP contribution in [0.1, 0.15) is 16.8 Å². The van der Waals surface area contributed by atoms with Crippen molar-refractivity contribution in [1.29, 1.82) is 0 Å². The molecule has 0 saturated carbocycles. The van der Waals surface area contributed by atoms with Gasteiger partial charge in [0.2, 0.25) is 0 Å². The predicted molar refractivity (Wildman–Crippen MR) is 77.2 cm³/mol. The van der Waals surface area contributed by atoms with E-state index in [4.69, 9.17) is 0 Å². The first-order chi connectivity index (χ1) is 9.24. The lowest BCUT2D eigenvalue weighted by Gasteiger charge is -2.07. The number of urea groups is 1. The summed E-state index contributed by atoms with van der Waals surface area (Å²) in [5, 5.41) is 9.68. The molecule has 5 heteroatoms. The molecule has 4 nitrogen and oxygen atoms in total. The largest absolute Gasteiger partial charge is 0.338 e. The van der Waals surface area contributed by atoms with Crippen molar-refractivity contribution in [3.63, 3.8) is 0 Å². The van der Waals surface area contributed by atoms with E-state index >= 15 is 0 Å². The van der Waals surface area contributed by atoms with Gasteiger partial charge in [0.25, 0.3) is 0 Å². The van der Waals surface area contributed by atoms with E-state index in [2.05, 4.69) is 15.6 Å². The van der Waals surface area contributed by atoms with E-state index in [1.165, 1.54) is 0 Å². The minimum Gasteiger partial charge on any atom is -0.338 e. The molecule has 2 amide bonds. The van der Waals surface area contributed by atoms with Crippen LogP contribution in [-0.4, -0.2) is 17.6 Å². The third-order valence-electron chi connectivity index (χ3n) is 2.71. The molecule has 0 unspecified atom stereocenters. The van der Waals surface area contributed by atoms with Crippen LogP contribution in [0, 0.1) is 6.92 Å². The van der Waals surface area contributed by atoms with Crippen LogP contribution in [0.4, 0.5) is 4.79 Å². The van der Waals surface area contributed by atoms with Gasteiger partial charge in [-0.1, -0.05) is 6.07 Å². The van der Waals surface area contributed by atoms with E-state index < -0.39 is 0 Å². The molecular weight excluding hydrogens is 258 g/mol. The third-order valence-corrected chi connectivity index (χ3v) is 3.44. The number of hydrogen-bond acceptors (Lipinski definition) is 3. The van der Waals surface area contributed by atoms with Crippen LogP contribution < -0.4 is 10.6 Å². The van der Waals surface area contributed by atoms with Crippen LogP contribution in [0.5, 0.6) is 0 Å². The van der Waals surface area contributed by atoms with Gasteiger partial charge in [0.05, 0.1) is 0 Å². The quantitative estimate of drug-likeness (QED) is 0.881. The lowest BCUT2D eigenvalue weighted by Crippen LogP contribution is -2.36. The molecule has 2 N–H and O–H groups in total. The molecule has 0 saturated heterocycles. The highest BCUT2D eigenvalue weighted by atomic mass is 32.1. The van der Waals surface area contributed by atoms with Crippen LogP contribution in [0.3, 0.4) is 0 Å². The number of pyridine rings is 1. The number of hydrogen-bond donors (Lipinski definition) is 2. The second-order valence-electron chi connectivity index (χ2n) is 4.30. The van der Waals surface area contributed by atoms with Gasteiger partial charge in [-0.25, -0.2) is 4.79 Å². The van der Waals surface area contributed by atoms with Gasteiger partial charge < -0.3 is 10.6 Å². The topological polar surface area (TPSA) is 54.0 Å². The summed E-state index contributed by atoms with van der Waals surface area (Å²) in [5.74, 6) is 0. The Labute approximate surface area is 116 Å². The van der Waals surface area contributed by atoms with E-state index in [0.29, 0.717) is 13.1 Å². The van der Waals surface area contributed by atoms with Gasteiger partial charge in [-0.15, -0.1) is 0 Å². The van der Waals surface area contributed by atoms with Gasteiger partial charge in [0, 0.05) is 25.0 Å². The number of nitrogens with one attached hydrogen (secondary N) is 2. The van der Waals surface area contributed by atoms with Gasteiger partial charge >= 0.3 is 6.03 Å². The number of carbonyl (C=O) groups excluding carboxylic acids is 1. The number of nitrogens with zero attached hydrogens (tertiary/aromatic N) is 1. The molecule has 0 aliphatic heterocycles. The molecule has 0 aliphatic rings. The van der Waals surface area contributed by atoms with Crippen LogP contribution in [0.2, 0.25) is 0 Å². The van der Waals surface area contributed by atoms with Gasteiger partial charge in [-0.05, 0) is 47.4 Å². The molecule has 0 atom stereocenters. The number of aromatic nitrogens is 1. The molecule has 0 spiro atoms. The molecule has 2 aromatic rings. The van der Waals surface area contributed by atoms with Crippen LogP contribution >= 0.6 is 11.3 Å². The van der Waals surface area contributed by atoms with Crippen molar-refractivity contribution in [2.45, 2.75) is 19.9 Å². The Morgan fingerprint density at radius 1 is 1.26 bits per heavy atom. The Kier molecular flexibility index (Phi) is 4.92. The molecule has 2 aromatic heterocycles. The molecule has 2 heterocycles. The summed E-state index contributed by atoms with van der Waals surface area (Å²) in [5.41, 5.74) is 3.26. The van der Waals surface area contributed by atoms with Gasteiger partial charge in [-0.2, -0.15) is 11.3 Å². The molecule has 0 aliphatic carbocycles. The zero-order valence-electron chi connectivity index (χ0n) is 10.8. The van der Waals surface area contributed by atoms with Gasteiger partial charge in [0.1, 0.15) is 0 Å². The maximum Gasteiger partial charge on any atom is 0.315 e. The lowest BCUT2D eigenvalue weighted by molar-refractivity contribution is 0.240. The van der Waals surface area contributed by atoms with Crippen LogP contribution in [0.25, 0.3) is 0 Å². The molecule has 0 bridgehead atoms. The summed E-state index contributed by atoms with van der Waals surface area (Å²) in [6.07, 6.45) is 2.64.